The monoisotopic (exact) mass is 686 g/mol. The lowest BCUT2D eigenvalue weighted by Crippen LogP contribution is -2.55. The first-order valence-corrected chi connectivity index (χ1v) is 16.2. The molecule has 4 aromatic rings. The molecule has 10 nitrogen and oxygen atoms in total. The van der Waals surface area contributed by atoms with Gasteiger partial charge in [0.05, 0.1) is 36.7 Å². The van der Waals surface area contributed by atoms with Gasteiger partial charge in [0.1, 0.15) is 11.9 Å². The van der Waals surface area contributed by atoms with Crippen molar-refractivity contribution in [2.45, 2.75) is 37.6 Å². The van der Waals surface area contributed by atoms with Crippen LogP contribution in [0.15, 0.2) is 97.2 Å². The number of alkyl halides is 3. The summed E-state index contributed by atoms with van der Waals surface area (Å²) in [5.74, 6) is -1.81. The number of benzene rings is 3. The van der Waals surface area contributed by atoms with Crippen LogP contribution >= 0.6 is 0 Å². The Balaban J connectivity index is 1.33. The lowest BCUT2D eigenvalue weighted by Gasteiger charge is -2.38. The highest BCUT2D eigenvalue weighted by Gasteiger charge is 2.44. The number of para-hydroxylation sites is 1. The number of rotatable bonds is 11. The van der Waals surface area contributed by atoms with E-state index in [2.05, 4.69) is 22.3 Å². The molecule has 0 radical (unpaired) electrons. The number of nitrogens with one attached hydrogen (secondary N) is 2. The summed E-state index contributed by atoms with van der Waals surface area (Å²) in [5.41, 5.74) is 1.94. The van der Waals surface area contributed by atoms with Crippen LogP contribution in [0.4, 0.5) is 19.0 Å². The summed E-state index contributed by atoms with van der Waals surface area (Å²) in [7, 11) is 1.91. The van der Waals surface area contributed by atoms with Gasteiger partial charge in [0.25, 0.3) is 11.8 Å². The van der Waals surface area contributed by atoms with E-state index in [1.54, 1.807) is 23.9 Å². The summed E-state index contributed by atoms with van der Waals surface area (Å²) in [5, 5.41) is 10.3. The Kier molecular flexibility index (Phi) is 9.89. The number of hydrogen-bond acceptors (Lipinski definition) is 6. The minimum atomic E-state index is -4.65. The van der Waals surface area contributed by atoms with Crippen LogP contribution in [-0.2, 0) is 27.0 Å². The molecule has 0 aliphatic carbocycles. The van der Waals surface area contributed by atoms with Crippen LogP contribution in [0.2, 0.25) is 0 Å². The molecule has 2 aliphatic heterocycles. The highest BCUT2D eigenvalue weighted by Crippen LogP contribution is 2.42. The Morgan fingerprint density at radius 2 is 1.78 bits per heavy atom. The van der Waals surface area contributed by atoms with Crippen LogP contribution in [-0.4, -0.2) is 77.8 Å². The second-order valence-corrected chi connectivity index (χ2v) is 12.4. The summed E-state index contributed by atoms with van der Waals surface area (Å²) >= 11 is 0. The molecule has 1 saturated heterocycles. The molecule has 3 aromatic carbocycles. The van der Waals surface area contributed by atoms with E-state index in [9.17, 15) is 27.6 Å². The van der Waals surface area contributed by atoms with Crippen molar-refractivity contribution in [3.63, 3.8) is 0 Å². The third kappa shape index (κ3) is 7.05. The van der Waals surface area contributed by atoms with Crippen molar-refractivity contribution < 1.29 is 32.3 Å². The molecule has 0 unspecified atom stereocenters. The minimum Gasteiger partial charge on any atom is -0.378 e. The Hall–Kier alpha value is -5.27. The SMILES string of the molecule is C=C(CN(C)C1COC1)C(=O)NCc1cccc([C@@H]2c3cnn(-c4ccccc4)c3N(CC)C(=O)[C@H]2NC(=O)c2cccc(C(F)(F)F)c2)c1. The summed E-state index contributed by atoms with van der Waals surface area (Å²) < 4.78 is 47.4. The molecule has 1 aromatic heterocycles. The van der Waals surface area contributed by atoms with Crippen molar-refractivity contribution >= 4 is 23.5 Å². The van der Waals surface area contributed by atoms with Gasteiger partial charge in [0.2, 0.25) is 5.91 Å². The molecule has 260 valence electrons. The maximum absolute atomic E-state index is 14.3. The molecule has 2 aliphatic rings. The molecular weight excluding hydrogens is 649 g/mol. The first-order chi connectivity index (χ1) is 24.0. The molecule has 1 fully saturated rings. The zero-order chi connectivity index (χ0) is 35.6. The lowest BCUT2D eigenvalue weighted by molar-refractivity contribution is -0.137. The fraction of sp³-hybridized carbons (Fsp3) is 0.297. The number of fused-ring (bicyclic) bond motifs is 1. The van der Waals surface area contributed by atoms with E-state index in [-0.39, 0.29) is 30.6 Å². The Bertz CT molecular complexity index is 1910. The Labute approximate surface area is 287 Å². The number of anilines is 1. The van der Waals surface area contributed by atoms with Crippen LogP contribution in [0, 0.1) is 0 Å². The van der Waals surface area contributed by atoms with Crippen molar-refractivity contribution in [2.75, 3.05) is 38.3 Å². The van der Waals surface area contributed by atoms with Gasteiger partial charge in [-0.25, -0.2) is 4.68 Å². The number of amides is 3. The fourth-order valence-corrected chi connectivity index (χ4v) is 6.26. The molecular formula is C37H37F3N6O4. The molecule has 2 N–H and O–H groups in total. The van der Waals surface area contributed by atoms with Crippen LogP contribution < -0.4 is 15.5 Å². The van der Waals surface area contributed by atoms with Gasteiger partial charge in [-0.2, -0.15) is 18.3 Å². The van der Waals surface area contributed by atoms with E-state index < -0.39 is 35.5 Å². The zero-order valence-electron chi connectivity index (χ0n) is 27.6. The molecule has 0 saturated carbocycles. The predicted molar refractivity (Wildman–Crippen MR) is 181 cm³/mol. The van der Waals surface area contributed by atoms with Crippen LogP contribution in [0.1, 0.15) is 45.5 Å². The summed E-state index contributed by atoms with van der Waals surface area (Å²) in [6, 6.07) is 19.7. The largest absolute Gasteiger partial charge is 0.416 e. The van der Waals surface area contributed by atoms with Crippen molar-refractivity contribution in [1.82, 2.24) is 25.3 Å². The maximum Gasteiger partial charge on any atom is 0.416 e. The number of ether oxygens (including phenoxy) is 1. The normalized spacial score (nSPS) is 17.6. The minimum absolute atomic E-state index is 0.168. The lowest BCUT2D eigenvalue weighted by atomic mass is 9.81. The first-order valence-electron chi connectivity index (χ1n) is 16.2. The number of hydrogen-bond donors (Lipinski definition) is 2. The van der Waals surface area contributed by atoms with Crippen LogP contribution in [0.25, 0.3) is 5.69 Å². The number of likely N-dealkylation sites (N-methyl/N-ethyl adjacent to an activating group) is 2. The Morgan fingerprint density at radius 1 is 1.04 bits per heavy atom. The summed E-state index contributed by atoms with van der Waals surface area (Å²) in [4.78, 5) is 44.4. The smallest absolute Gasteiger partial charge is 0.378 e. The molecule has 0 bridgehead atoms. The van der Waals surface area contributed by atoms with Gasteiger partial charge in [-0.15, -0.1) is 0 Å². The van der Waals surface area contributed by atoms with E-state index >= 15 is 0 Å². The molecule has 6 rings (SSSR count). The molecule has 13 heteroatoms. The summed E-state index contributed by atoms with van der Waals surface area (Å²) in [6.45, 7) is 7.77. The van der Waals surface area contributed by atoms with E-state index in [1.165, 1.54) is 11.0 Å². The predicted octanol–water partition coefficient (Wildman–Crippen LogP) is 4.69. The standard InChI is InChI=1S/C37H37F3N6O4/c1-4-45-35-30(19-42-46(35)28-14-6-5-7-15-28)31(32(36(45)49)43-34(48)26-12-9-13-27(17-26)37(38,39)40)25-11-8-10-24(16-25)18-41-33(47)23(2)20-44(3)29-21-50-22-29/h5-17,19,29,31-32H,2,4,18,20-22H2,1,3H3,(H,41,47)(H,43,48)/t31-,32+/m1/s1. The highest BCUT2D eigenvalue weighted by molar-refractivity contribution is 6.05. The van der Waals surface area contributed by atoms with Gasteiger partial charge in [0.15, 0.2) is 0 Å². The molecule has 2 atom stereocenters. The number of carbonyl (C=O) groups excluding carboxylic acids is 3. The highest BCUT2D eigenvalue weighted by atomic mass is 19.4. The molecule has 3 amide bonds. The molecule has 3 heterocycles. The van der Waals surface area contributed by atoms with Gasteiger partial charge in [0, 0.05) is 42.3 Å². The number of nitrogens with zero attached hydrogens (tertiary/aromatic N) is 4. The van der Waals surface area contributed by atoms with Crippen molar-refractivity contribution in [2.24, 2.45) is 0 Å². The van der Waals surface area contributed by atoms with Crippen molar-refractivity contribution in [1.29, 1.82) is 0 Å². The molecule has 50 heavy (non-hydrogen) atoms. The average molecular weight is 687 g/mol. The molecule has 0 spiro atoms. The van der Waals surface area contributed by atoms with Crippen molar-refractivity contribution in [3.8, 4) is 5.69 Å². The quantitative estimate of drug-likeness (QED) is 0.222. The zero-order valence-corrected chi connectivity index (χ0v) is 27.6. The van der Waals surface area contributed by atoms with E-state index in [4.69, 9.17) is 4.74 Å². The van der Waals surface area contributed by atoms with Gasteiger partial charge in [-0.1, -0.05) is 55.1 Å². The third-order valence-corrected chi connectivity index (χ3v) is 9.05. The van der Waals surface area contributed by atoms with Gasteiger partial charge in [-0.3, -0.25) is 24.2 Å². The number of aromatic nitrogens is 2. The average Bonchev–Trinajstić information content (AvgIpc) is 3.51. The van der Waals surface area contributed by atoms with Crippen LogP contribution in [0.3, 0.4) is 0 Å². The van der Waals surface area contributed by atoms with E-state index in [1.807, 2.05) is 60.5 Å². The van der Waals surface area contributed by atoms with Gasteiger partial charge >= 0.3 is 6.18 Å². The first kappa shape index (κ1) is 34.6. The third-order valence-electron chi connectivity index (χ3n) is 9.05. The fourth-order valence-electron chi connectivity index (χ4n) is 6.26. The second kappa shape index (κ2) is 14.3. The van der Waals surface area contributed by atoms with E-state index in [0.717, 1.165) is 29.4 Å². The Morgan fingerprint density at radius 3 is 2.46 bits per heavy atom. The van der Waals surface area contributed by atoms with Crippen molar-refractivity contribution in [3.05, 3.63) is 125 Å². The van der Waals surface area contributed by atoms with Gasteiger partial charge < -0.3 is 15.4 Å². The van der Waals surface area contributed by atoms with E-state index in [0.29, 0.717) is 42.3 Å². The topological polar surface area (TPSA) is 109 Å². The van der Waals surface area contributed by atoms with Crippen LogP contribution in [0.5, 0.6) is 0 Å². The van der Waals surface area contributed by atoms with Gasteiger partial charge in [-0.05, 0) is 55.4 Å². The second-order valence-electron chi connectivity index (χ2n) is 12.4. The summed E-state index contributed by atoms with van der Waals surface area (Å²) in [6.07, 6.45) is -3.00. The number of carbonyl (C=O) groups is 3. The maximum atomic E-state index is 14.3. The number of halogens is 3.